The van der Waals surface area contributed by atoms with E-state index in [1.54, 1.807) is 12.1 Å². The molecule has 1 aliphatic carbocycles. The molecule has 1 aliphatic heterocycles. The van der Waals surface area contributed by atoms with Crippen LogP contribution in [0, 0.1) is 11.8 Å². The van der Waals surface area contributed by atoms with Crippen LogP contribution in [0.5, 0.6) is 0 Å². The number of aliphatic carboxylic acids is 1. The van der Waals surface area contributed by atoms with Crippen molar-refractivity contribution in [2.24, 2.45) is 11.8 Å². The van der Waals surface area contributed by atoms with E-state index < -0.39 is 68.4 Å². The minimum atomic E-state index is -6.34. The van der Waals surface area contributed by atoms with E-state index in [9.17, 15) is 53.8 Å². The van der Waals surface area contributed by atoms with E-state index in [1.807, 2.05) is 6.92 Å². The number of amides is 1. The second-order valence-electron chi connectivity index (χ2n) is 11.1. The Hall–Kier alpha value is -3.16. The molecule has 2 fully saturated rings. The van der Waals surface area contributed by atoms with Gasteiger partial charge in [0.05, 0.1) is 10.8 Å². The number of benzene rings is 2. The first-order valence-electron chi connectivity index (χ1n) is 13.7. The summed E-state index contributed by atoms with van der Waals surface area (Å²) in [5.74, 6) is -2.53. The van der Waals surface area contributed by atoms with Crippen molar-refractivity contribution >= 4 is 21.7 Å². The van der Waals surface area contributed by atoms with Crippen molar-refractivity contribution < 1.29 is 53.8 Å². The highest BCUT2D eigenvalue weighted by Crippen LogP contribution is 2.54. The van der Waals surface area contributed by atoms with Crippen molar-refractivity contribution in [2.45, 2.75) is 73.1 Å². The van der Waals surface area contributed by atoms with Gasteiger partial charge in [-0.1, -0.05) is 43.3 Å². The number of aryl methyl sites for hydroxylation is 1. The van der Waals surface area contributed by atoms with Gasteiger partial charge in [0.15, 0.2) is 9.84 Å². The largest absolute Gasteiger partial charge is 0.481 e. The number of rotatable bonds is 7. The van der Waals surface area contributed by atoms with Crippen LogP contribution in [0.25, 0.3) is 0 Å². The van der Waals surface area contributed by atoms with Crippen LogP contribution >= 0.6 is 0 Å². The average Bonchev–Trinajstić information content (AvgIpc) is 3.43. The van der Waals surface area contributed by atoms with E-state index in [1.165, 1.54) is 17.0 Å². The molecule has 1 N–H and O–H groups in total. The van der Waals surface area contributed by atoms with Gasteiger partial charge in [-0.2, -0.15) is 26.3 Å². The van der Waals surface area contributed by atoms with Crippen LogP contribution in [0.2, 0.25) is 0 Å². The van der Waals surface area contributed by atoms with Gasteiger partial charge in [-0.3, -0.25) is 9.59 Å². The van der Waals surface area contributed by atoms with Crippen LogP contribution in [-0.2, 0) is 36.3 Å². The van der Waals surface area contributed by atoms with E-state index in [4.69, 9.17) is 0 Å². The summed E-state index contributed by atoms with van der Waals surface area (Å²) in [6.45, 7) is 1.33. The monoisotopic (exact) mass is 637 g/mol. The smallest absolute Gasteiger partial charge is 0.435 e. The summed E-state index contributed by atoms with van der Waals surface area (Å²) in [6.07, 6.45) is -11.2. The molecule has 1 saturated heterocycles. The van der Waals surface area contributed by atoms with Crippen LogP contribution in [0.1, 0.15) is 55.7 Å². The summed E-state index contributed by atoms with van der Waals surface area (Å²) in [6, 6.07) is 7.90. The summed E-state index contributed by atoms with van der Waals surface area (Å²) in [4.78, 5) is 25.9. The minimum absolute atomic E-state index is 0.0795. The Balaban J connectivity index is 1.75. The number of likely N-dealkylation sites (tertiary alicyclic amines) is 1. The summed E-state index contributed by atoms with van der Waals surface area (Å²) in [5.41, 5.74) is -6.81. The van der Waals surface area contributed by atoms with Crippen LogP contribution in [-0.4, -0.2) is 55.7 Å². The van der Waals surface area contributed by atoms with Crippen LogP contribution in [0.15, 0.2) is 53.4 Å². The SMILES string of the molecule is CCc1ccc(S(=O)(=O)[C@@]2(c3ccc(C(F)(C(F)(F)F)C(F)(F)F)cc3)CCN(C(=O)C3CCC(C(=O)O)CC3)C2)cc1. The van der Waals surface area contributed by atoms with Gasteiger partial charge in [-0.25, -0.2) is 12.8 Å². The normalized spacial score (nSPS) is 23.8. The topological polar surface area (TPSA) is 91.8 Å². The van der Waals surface area contributed by atoms with E-state index in [0.717, 1.165) is 17.7 Å². The lowest BCUT2D eigenvalue weighted by Crippen LogP contribution is -2.50. The molecule has 0 radical (unpaired) electrons. The zero-order valence-corrected chi connectivity index (χ0v) is 23.8. The first-order valence-corrected chi connectivity index (χ1v) is 15.2. The Labute approximate surface area is 243 Å². The van der Waals surface area contributed by atoms with Crippen LogP contribution in [0.4, 0.5) is 30.7 Å². The first-order chi connectivity index (χ1) is 19.9. The second kappa shape index (κ2) is 11.4. The summed E-state index contributed by atoms with van der Waals surface area (Å²) in [5, 5.41) is 9.25. The van der Waals surface area contributed by atoms with Gasteiger partial charge in [-0.15, -0.1) is 0 Å². The molecule has 14 heteroatoms. The third-order valence-corrected chi connectivity index (χ3v) is 11.2. The van der Waals surface area contributed by atoms with E-state index in [2.05, 4.69) is 0 Å². The highest BCUT2D eigenvalue weighted by molar-refractivity contribution is 7.92. The molecule has 1 saturated carbocycles. The Bertz CT molecular complexity index is 1430. The lowest BCUT2D eigenvalue weighted by molar-refractivity contribution is -0.348. The van der Waals surface area contributed by atoms with Crippen molar-refractivity contribution in [1.82, 2.24) is 4.90 Å². The van der Waals surface area contributed by atoms with Gasteiger partial charge in [0.2, 0.25) is 5.91 Å². The number of sulfone groups is 1. The van der Waals surface area contributed by atoms with Crippen molar-refractivity contribution in [1.29, 1.82) is 0 Å². The zero-order valence-electron chi connectivity index (χ0n) is 23.0. The molecule has 0 unspecified atom stereocenters. The number of carboxylic acids is 1. The average molecular weight is 638 g/mol. The molecular formula is C29H30F7NO5S. The molecule has 2 aliphatic rings. The maximum Gasteiger partial charge on any atom is 0.435 e. The molecule has 236 valence electrons. The Kier molecular flexibility index (Phi) is 8.68. The number of carbonyl (C=O) groups is 2. The Morgan fingerprint density at radius 2 is 1.37 bits per heavy atom. The maximum atomic E-state index is 14.7. The van der Waals surface area contributed by atoms with Gasteiger partial charge in [0.1, 0.15) is 4.75 Å². The molecule has 4 rings (SSSR count). The van der Waals surface area contributed by atoms with E-state index in [-0.39, 0.29) is 61.2 Å². The molecule has 1 amide bonds. The highest BCUT2D eigenvalue weighted by atomic mass is 32.2. The van der Waals surface area contributed by atoms with Crippen LogP contribution < -0.4 is 0 Å². The molecule has 1 atom stereocenters. The molecule has 0 spiro atoms. The number of halogens is 7. The van der Waals surface area contributed by atoms with Gasteiger partial charge >= 0.3 is 24.0 Å². The van der Waals surface area contributed by atoms with Gasteiger partial charge in [-0.05, 0) is 61.8 Å². The number of nitrogens with zero attached hydrogens (tertiary/aromatic N) is 1. The lowest BCUT2D eigenvalue weighted by Gasteiger charge is -2.33. The Morgan fingerprint density at radius 3 is 1.84 bits per heavy atom. The predicted molar refractivity (Wildman–Crippen MR) is 140 cm³/mol. The molecule has 43 heavy (non-hydrogen) atoms. The molecule has 1 heterocycles. The molecule has 2 aromatic rings. The third kappa shape index (κ3) is 5.62. The molecule has 6 nitrogen and oxygen atoms in total. The van der Waals surface area contributed by atoms with Gasteiger partial charge < -0.3 is 10.0 Å². The number of carbonyl (C=O) groups excluding carboxylic acids is 1. The fourth-order valence-electron chi connectivity index (χ4n) is 6.05. The van der Waals surface area contributed by atoms with Gasteiger partial charge in [0.25, 0.3) is 0 Å². The summed E-state index contributed by atoms with van der Waals surface area (Å²) in [7, 11) is -4.41. The number of carboxylic acid groups (broad SMARTS) is 1. The predicted octanol–water partition coefficient (Wildman–Crippen LogP) is 6.33. The molecular weight excluding hydrogens is 607 g/mol. The third-order valence-electron chi connectivity index (χ3n) is 8.72. The summed E-state index contributed by atoms with van der Waals surface area (Å²) < 4.78 is 121. The fourth-order valence-corrected chi connectivity index (χ4v) is 8.13. The zero-order chi connectivity index (χ0) is 32.0. The maximum absolute atomic E-state index is 14.7. The number of hydrogen-bond acceptors (Lipinski definition) is 4. The molecule has 0 bridgehead atoms. The minimum Gasteiger partial charge on any atom is -0.481 e. The van der Waals surface area contributed by atoms with Crippen molar-refractivity contribution in [3.63, 3.8) is 0 Å². The fraction of sp³-hybridized carbons (Fsp3) is 0.517. The quantitative estimate of drug-likeness (QED) is 0.359. The van der Waals surface area contributed by atoms with E-state index in [0.29, 0.717) is 6.42 Å². The molecule has 2 aromatic carbocycles. The Morgan fingerprint density at radius 1 is 0.860 bits per heavy atom. The van der Waals surface area contributed by atoms with Crippen LogP contribution in [0.3, 0.4) is 0 Å². The number of alkyl halides is 7. The second-order valence-corrected chi connectivity index (χ2v) is 13.4. The highest BCUT2D eigenvalue weighted by Gasteiger charge is 2.73. The van der Waals surface area contributed by atoms with Crippen molar-refractivity contribution in [2.75, 3.05) is 13.1 Å². The summed E-state index contributed by atoms with van der Waals surface area (Å²) >= 11 is 0. The van der Waals surface area contributed by atoms with Crippen molar-refractivity contribution in [3.8, 4) is 0 Å². The van der Waals surface area contributed by atoms with Crippen molar-refractivity contribution in [3.05, 3.63) is 65.2 Å². The standard InChI is InChI=1S/C29H30F7NO5S/c1-2-18-3-13-23(14-4-18)43(41,42)26(15-16-37(17-26)24(38)19-5-7-20(8-6-19)25(39)40)21-9-11-22(12-10-21)27(30,28(31,32)33)29(34,35)36/h3-4,9-14,19-20H,2,5-8,15-17H2,1H3,(H,39,40)/t19?,20?,26-/m0/s1. The molecule has 0 aromatic heterocycles. The van der Waals surface area contributed by atoms with Gasteiger partial charge in [0, 0.05) is 24.6 Å². The number of hydrogen-bond donors (Lipinski definition) is 1. The van der Waals surface area contributed by atoms with E-state index >= 15 is 0 Å². The first kappa shape index (κ1) is 32.7. The lowest BCUT2D eigenvalue weighted by atomic mass is 9.81.